The third-order valence-electron chi connectivity index (χ3n) is 3.78. The highest BCUT2D eigenvalue weighted by Gasteiger charge is 2.12. The molecule has 0 saturated carbocycles. The zero-order valence-corrected chi connectivity index (χ0v) is 15.5. The third kappa shape index (κ3) is 5.90. The van der Waals surface area contributed by atoms with Gasteiger partial charge in [0.15, 0.2) is 15.8 Å². The fourth-order valence-corrected chi connectivity index (χ4v) is 3.68. The molecule has 0 fully saturated rings. The molecule has 0 bridgehead atoms. The molecular formula is C19H25N3O2S. The maximum atomic E-state index is 12.2. The number of hydrogen-bond acceptors (Lipinski definition) is 3. The van der Waals surface area contributed by atoms with Gasteiger partial charge in [0.25, 0.3) is 0 Å². The molecule has 0 aromatic heterocycles. The van der Waals surface area contributed by atoms with E-state index in [9.17, 15) is 8.42 Å². The lowest BCUT2D eigenvalue weighted by molar-refractivity contribution is 0.593. The van der Waals surface area contributed by atoms with E-state index in [1.54, 1.807) is 30.3 Å². The molecule has 5 nitrogen and oxygen atoms in total. The molecule has 6 heteroatoms. The Morgan fingerprint density at radius 1 is 1.12 bits per heavy atom. The molecule has 3 N–H and O–H groups in total. The van der Waals surface area contributed by atoms with Gasteiger partial charge in [0.1, 0.15) is 0 Å². The first kappa shape index (κ1) is 19.0. The van der Waals surface area contributed by atoms with Crippen LogP contribution in [-0.4, -0.2) is 26.7 Å². The number of hydrogen-bond donors (Lipinski definition) is 2. The van der Waals surface area contributed by atoms with Crippen molar-refractivity contribution < 1.29 is 8.42 Å². The minimum absolute atomic E-state index is 0.0522. The van der Waals surface area contributed by atoms with E-state index in [0.29, 0.717) is 23.8 Å². The summed E-state index contributed by atoms with van der Waals surface area (Å²) in [6.07, 6.45) is 0.422. The Hall–Kier alpha value is -2.34. The van der Waals surface area contributed by atoms with Crippen molar-refractivity contribution in [1.82, 2.24) is 0 Å². The van der Waals surface area contributed by atoms with Gasteiger partial charge in [-0.15, -0.1) is 0 Å². The minimum Gasteiger partial charge on any atom is -0.370 e. The van der Waals surface area contributed by atoms with Crippen molar-refractivity contribution in [3.63, 3.8) is 0 Å². The second kappa shape index (κ2) is 8.67. The van der Waals surface area contributed by atoms with E-state index >= 15 is 0 Å². The number of nitrogens with zero attached hydrogens (tertiary/aromatic N) is 1. The predicted molar refractivity (Wildman–Crippen MR) is 104 cm³/mol. The van der Waals surface area contributed by atoms with Gasteiger partial charge in [-0.05, 0) is 42.2 Å². The molecule has 2 rings (SSSR count). The number of sulfone groups is 1. The highest BCUT2D eigenvalue weighted by Crippen LogP contribution is 2.18. The topological polar surface area (TPSA) is 84.5 Å². The lowest BCUT2D eigenvalue weighted by atomic mass is 10.0. The van der Waals surface area contributed by atoms with Crippen molar-refractivity contribution in [2.75, 3.05) is 17.6 Å². The van der Waals surface area contributed by atoms with Gasteiger partial charge in [-0.25, -0.2) is 8.42 Å². The van der Waals surface area contributed by atoms with E-state index in [2.05, 4.69) is 30.2 Å². The van der Waals surface area contributed by atoms with Gasteiger partial charge in [-0.1, -0.05) is 44.2 Å². The molecule has 0 heterocycles. The molecule has 0 saturated heterocycles. The van der Waals surface area contributed by atoms with E-state index in [1.165, 1.54) is 5.56 Å². The lowest BCUT2D eigenvalue weighted by Crippen LogP contribution is -2.23. The van der Waals surface area contributed by atoms with Crippen LogP contribution in [0.4, 0.5) is 5.69 Å². The number of rotatable bonds is 7. The molecule has 2 aromatic rings. The van der Waals surface area contributed by atoms with Crippen molar-refractivity contribution in [1.29, 1.82) is 0 Å². The Labute approximate surface area is 149 Å². The van der Waals surface area contributed by atoms with Crippen LogP contribution in [0.2, 0.25) is 0 Å². The lowest BCUT2D eigenvalue weighted by Gasteiger charge is -2.10. The maximum Gasteiger partial charge on any atom is 0.193 e. The summed E-state index contributed by atoms with van der Waals surface area (Å²) in [5.74, 6) is 0.775. The van der Waals surface area contributed by atoms with Crippen LogP contribution in [0.3, 0.4) is 0 Å². The Kier molecular flexibility index (Phi) is 6.58. The Bertz CT molecular complexity index is 816. The average molecular weight is 359 g/mol. The standard InChI is InChI=1S/C19H25N3O2S/c1-15(2)16-8-6-9-17(14-16)22-19(20)21-12-7-13-25(23,24)18-10-4-3-5-11-18/h3-6,8-11,14-15H,7,12-13H2,1-2H3,(H3,20,21,22). The number of nitrogens with two attached hydrogens (primary N) is 1. The smallest absolute Gasteiger partial charge is 0.193 e. The van der Waals surface area contributed by atoms with Crippen LogP contribution in [-0.2, 0) is 9.84 Å². The van der Waals surface area contributed by atoms with E-state index < -0.39 is 9.84 Å². The van der Waals surface area contributed by atoms with Crippen molar-refractivity contribution in [2.45, 2.75) is 31.1 Å². The Balaban J connectivity index is 1.87. The van der Waals surface area contributed by atoms with E-state index in [0.717, 1.165) is 5.69 Å². The number of aliphatic imine (C=N–C) groups is 1. The van der Waals surface area contributed by atoms with Crippen LogP contribution in [0.15, 0.2) is 64.5 Å². The third-order valence-corrected chi connectivity index (χ3v) is 5.60. The molecule has 134 valence electrons. The van der Waals surface area contributed by atoms with Gasteiger partial charge in [0, 0.05) is 12.2 Å². The van der Waals surface area contributed by atoms with Gasteiger partial charge in [-0.3, -0.25) is 4.99 Å². The highest BCUT2D eigenvalue weighted by atomic mass is 32.2. The number of guanidine groups is 1. The molecule has 0 atom stereocenters. The van der Waals surface area contributed by atoms with Crippen molar-refractivity contribution in [3.05, 3.63) is 60.2 Å². The molecule has 2 aromatic carbocycles. The minimum atomic E-state index is -3.26. The molecule has 0 spiro atoms. The summed E-state index contributed by atoms with van der Waals surface area (Å²) >= 11 is 0. The molecule has 0 aliphatic heterocycles. The number of anilines is 1. The predicted octanol–water partition coefficient (Wildman–Crippen LogP) is 3.40. The van der Waals surface area contributed by atoms with Crippen LogP contribution >= 0.6 is 0 Å². The first-order valence-corrected chi connectivity index (χ1v) is 9.98. The van der Waals surface area contributed by atoms with Crippen molar-refractivity contribution in [3.8, 4) is 0 Å². The summed E-state index contributed by atoms with van der Waals surface area (Å²) in [6, 6.07) is 16.4. The normalized spacial score (nSPS) is 12.4. The van der Waals surface area contributed by atoms with E-state index in [-0.39, 0.29) is 11.7 Å². The number of nitrogens with one attached hydrogen (secondary N) is 1. The summed E-state index contributed by atoms with van der Waals surface area (Å²) in [4.78, 5) is 4.55. The van der Waals surface area contributed by atoms with Crippen molar-refractivity contribution in [2.24, 2.45) is 10.7 Å². The summed E-state index contributed by atoms with van der Waals surface area (Å²) in [7, 11) is -3.26. The van der Waals surface area contributed by atoms with Crippen LogP contribution < -0.4 is 11.1 Å². The zero-order chi connectivity index (χ0) is 18.3. The largest absolute Gasteiger partial charge is 0.370 e. The first-order chi connectivity index (χ1) is 11.9. The highest BCUT2D eigenvalue weighted by molar-refractivity contribution is 7.91. The summed E-state index contributed by atoms with van der Waals surface area (Å²) in [5, 5.41) is 3.04. The van der Waals surface area contributed by atoms with Gasteiger partial charge in [0.2, 0.25) is 0 Å². The second-order valence-corrected chi connectivity index (χ2v) is 8.27. The molecule has 0 aliphatic rings. The van der Waals surface area contributed by atoms with Crippen LogP contribution in [0.1, 0.15) is 31.7 Å². The van der Waals surface area contributed by atoms with Crippen LogP contribution in [0, 0.1) is 0 Å². The van der Waals surface area contributed by atoms with Crippen LogP contribution in [0.5, 0.6) is 0 Å². The van der Waals surface area contributed by atoms with E-state index in [1.807, 2.05) is 18.2 Å². The van der Waals surface area contributed by atoms with Crippen molar-refractivity contribution >= 4 is 21.5 Å². The van der Waals surface area contributed by atoms with E-state index in [4.69, 9.17) is 5.73 Å². The van der Waals surface area contributed by atoms with Crippen LogP contribution in [0.25, 0.3) is 0 Å². The molecule has 0 radical (unpaired) electrons. The molecular weight excluding hydrogens is 334 g/mol. The average Bonchev–Trinajstić information content (AvgIpc) is 2.60. The van der Waals surface area contributed by atoms with Gasteiger partial charge in [0.05, 0.1) is 10.6 Å². The zero-order valence-electron chi connectivity index (χ0n) is 14.6. The molecule has 25 heavy (non-hydrogen) atoms. The molecule has 0 aliphatic carbocycles. The summed E-state index contributed by atoms with van der Waals surface area (Å²) < 4.78 is 24.3. The van der Waals surface area contributed by atoms with Gasteiger partial charge >= 0.3 is 0 Å². The van der Waals surface area contributed by atoms with Gasteiger partial charge < -0.3 is 11.1 Å². The number of benzene rings is 2. The Morgan fingerprint density at radius 2 is 1.84 bits per heavy atom. The first-order valence-electron chi connectivity index (χ1n) is 8.33. The fraction of sp³-hybridized carbons (Fsp3) is 0.316. The Morgan fingerprint density at radius 3 is 2.52 bits per heavy atom. The van der Waals surface area contributed by atoms with Gasteiger partial charge in [-0.2, -0.15) is 0 Å². The fourth-order valence-electron chi connectivity index (χ4n) is 2.36. The second-order valence-electron chi connectivity index (χ2n) is 6.16. The SMILES string of the molecule is CC(C)c1cccc(NC(N)=NCCCS(=O)(=O)c2ccccc2)c1. The monoisotopic (exact) mass is 359 g/mol. The summed E-state index contributed by atoms with van der Waals surface area (Å²) in [6.45, 7) is 4.61. The molecule has 0 amide bonds. The maximum absolute atomic E-state index is 12.2. The summed E-state index contributed by atoms with van der Waals surface area (Å²) in [5.41, 5.74) is 7.98. The quantitative estimate of drug-likeness (QED) is 0.451. The molecule has 0 unspecified atom stereocenters.